The van der Waals surface area contributed by atoms with E-state index in [0.29, 0.717) is 11.7 Å². The van der Waals surface area contributed by atoms with Crippen molar-refractivity contribution in [3.8, 4) is 0 Å². The highest BCUT2D eigenvalue weighted by molar-refractivity contribution is 9.10. The van der Waals surface area contributed by atoms with Gasteiger partial charge in [-0.05, 0) is 48.1 Å². The van der Waals surface area contributed by atoms with Crippen LogP contribution in [0.1, 0.15) is 43.3 Å². The van der Waals surface area contributed by atoms with E-state index >= 15 is 0 Å². The minimum Gasteiger partial charge on any atom is -0.325 e. The van der Waals surface area contributed by atoms with Gasteiger partial charge in [-0.25, -0.2) is 0 Å². The van der Waals surface area contributed by atoms with E-state index in [2.05, 4.69) is 75.0 Å². The highest BCUT2D eigenvalue weighted by Gasteiger charge is 2.17. The third-order valence-corrected chi connectivity index (χ3v) is 6.33. The van der Waals surface area contributed by atoms with E-state index in [4.69, 9.17) is 0 Å². The van der Waals surface area contributed by atoms with Crippen molar-refractivity contribution in [2.75, 3.05) is 11.1 Å². The molecule has 1 amide bonds. The number of amides is 1. The smallest absolute Gasteiger partial charge is 0.234 e. The van der Waals surface area contributed by atoms with Crippen molar-refractivity contribution in [1.82, 2.24) is 14.8 Å². The molecule has 0 radical (unpaired) electrons. The van der Waals surface area contributed by atoms with E-state index in [1.807, 2.05) is 31.2 Å². The number of aryl methyl sites for hydroxylation is 2. The maximum absolute atomic E-state index is 12.7. The molecule has 1 heterocycles. The summed E-state index contributed by atoms with van der Waals surface area (Å²) < 4.78 is 3.18. The third kappa shape index (κ3) is 6.43. The normalized spacial score (nSPS) is 11.2. The summed E-state index contributed by atoms with van der Waals surface area (Å²) in [7, 11) is 0. The predicted molar refractivity (Wildman–Crippen MR) is 132 cm³/mol. The first kappa shape index (κ1) is 23.5. The van der Waals surface area contributed by atoms with Gasteiger partial charge in [0.1, 0.15) is 5.82 Å². The molecule has 0 spiro atoms. The average molecular weight is 501 g/mol. The first-order valence-corrected chi connectivity index (χ1v) is 12.3. The summed E-state index contributed by atoms with van der Waals surface area (Å²) in [6.45, 7) is 9.28. The highest BCUT2D eigenvalue weighted by Crippen LogP contribution is 2.27. The number of nitrogens with one attached hydrogen (secondary N) is 1. The Hall–Kier alpha value is -2.12. The van der Waals surface area contributed by atoms with Gasteiger partial charge in [-0.2, -0.15) is 0 Å². The Morgan fingerprint density at radius 1 is 1.19 bits per heavy atom. The minimum atomic E-state index is -0.0335. The summed E-state index contributed by atoms with van der Waals surface area (Å²) in [6, 6.07) is 14.4. The summed E-state index contributed by atoms with van der Waals surface area (Å²) in [5.74, 6) is 1.64. The van der Waals surface area contributed by atoms with Gasteiger partial charge in [0, 0.05) is 23.1 Å². The number of hydrogen-bond acceptors (Lipinski definition) is 4. The summed E-state index contributed by atoms with van der Waals surface area (Å²) in [6.07, 6.45) is 1.58. The molecule has 0 bridgehead atoms. The molecular weight excluding hydrogens is 472 g/mol. The fourth-order valence-corrected chi connectivity index (χ4v) is 4.85. The van der Waals surface area contributed by atoms with Crippen molar-refractivity contribution < 1.29 is 4.79 Å². The molecule has 0 unspecified atom stereocenters. The van der Waals surface area contributed by atoms with Gasteiger partial charge >= 0.3 is 0 Å². The summed E-state index contributed by atoms with van der Waals surface area (Å²) in [4.78, 5) is 12.7. The Morgan fingerprint density at radius 2 is 1.94 bits per heavy atom. The lowest BCUT2D eigenvalue weighted by atomic mass is 10.1. The van der Waals surface area contributed by atoms with Gasteiger partial charge in [-0.3, -0.25) is 4.79 Å². The first-order valence-electron chi connectivity index (χ1n) is 10.5. The SMILES string of the molecule is CCc1cc(Br)cc(C)c1NC(=O)CSc1nnc(Cc2ccccc2)n1CC(C)C. The van der Waals surface area contributed by atoms with E-state index in [1.165, 1.54) is 17.3 Å². The largest absolute Gasteiger partial charge is 0.325 e. The van der Waals surface area contributed by atoms with Crippen molar-refractivity contribution in [1.29, 1.82) is 0 Å². The third-order valence-electron chi connectivity index (χ3n) is 4.91. The van der Waals surface area contributed by atoms with Gasteiger partial charge in [0.25, 0.3) is 0 Å². The van der Waals surface area contributed by atoms with Crippen LogP contribution in [-0.2, 0) is 24.2 Å². The Bertz CT molecular complexity index is 1030. The summed E-state index contributed by atoms with van der Waals surface area (Å²) in [5.41, 5.74) is 4.28. The van der Waals surface area contributed by atoms with E-state index in [9.17, 15) is 4.79 Å². The van der Waals surface area contributed by atoms with E-state index in [1.54, 1.807) is 0 Å². The summed E-state index contributed by atoms with van der Waals surface area (Å²) in [5, 5.41) is 12.7. The second-order valence-electron chi connectivity index (χ2n) is 8.01. The first-order chi connectivity index (χ1) is 14.9. The fraction of sp³-hybridized carbons (Fsp3) is 0.375. The molecule has 0 atom stereocenters. The highest BCUT2D eigenvalue weighted by atomic mass is 79.9. The molecule has 5 nitrogen and oxygen atoms in total. The minimum absolute atomic E-state index is 0.0335. The molecule has 0 saturated heterocycles. The molecule has 1 N–H and O–H groups in total. The topological polar surface area (TPSA) is 59.8 Å². The molecule has 3 aromatic rings. The van der Waals surface area contributed by atoms with Crippen molar-refractivity contribution in [3.63, 3.8) is 0 Å². The lowest BCUT2D eigenvalue weighted by Gasteiger charge is -2.15. The predicted octanol–water partition coefficient (Wildman–Crippen LogP) is 5.89. The number of rotatable bonds is 9. The van der Waals surface area contributed by atoms with Crippen LogP contribution in [0.2, 0.25) is 0 Å². The molecule has 0 aliphatic heterocycles. The Labute approximate surface area is 197 Å². The van der Waals surface area contributed by atoms with Crippen LogP contribution in [0.25, 0.3) is 0 Å². The average Bonchev–Trinajstić information content (AvgIpc) is 3.09. The van der Waals surface area contributed by atoms with Crippen molar-refractivity contribution in [3.05, 3.63) is 69.5 Å². The zero-order valence-electron chi connectivity index (χ0n) is 18.5. The molecular formula is C24H29BrN4OS. The number of carbonyl (C=O) groups excluding carboxylic acids is 1. The molecule has 1 aromatic heterocycles. The van der Waals surface area contributed by atoms with Gasteiger partial charge in [-0.1, -0.05) is 78.8 Å². The second-order valence-corrected chi connectivity index (χ2v) is 9.87. The van der Waals surface area contributed by atoms with E-state index < -0.39 is 0 Å². The maximum atomic E-state index is 12.7. The fourth-order valence-electron chi connectivity index (χ4n) is 3.46. The number of hydrogen-bond donors (Lipinski definition) is 1. The Morgan fingerprint density at radius 3 is 2.61 bits per heavy atom. The lowest BCUT2D eigenvalue weighted by Crippen LogP contribution is -2.17. The van der Waals surface area contributed by atoms with Gasteiger partial charge in [-0.15, -0.1) is 10.2 Å². The number of halogens is 1. The molecule has 0 aliphatic rings. The zero-order valence-corrected chi connectivity index (χ0v) is 20.9. The van der Waals surface area contributed by atoms with Crippen LogP contribution in [0, 0.1) is 12.8 Å². The van der Waals surface area contributed by atoms with E-state index in [-0.39, 0.29) is 5.91 Å². The summed E-state index contributed by atoms with van der Waals surface area (Å²) >= 11 is 4.97. The zero-order chi connectivity index (χ0) is 22.4. The van der Waals surface area contributed by atoms with E-state index in [0.717, 1.165) is 51.7 Å². The van der Waals surface area contributed by atoms with Gasteiger partial charge in [0.2, 0.25) is 5.91 Å². The van der Waals surface area contributed by atoms with Crippen LogP contribution < -0.4 is 5.32 Å². The van der Waals surface area contributed by atoms with Crippen molar-refractivity contribution >= 4 is 39.3 Å². The Kier molecular flexibility index (Phi) is 8.32. The molecule has 7 heteroatoms. The molecule has 164 valence electrons. The van der Waals surface area contributed by atoms with Gasteiger partial charge < -0.3 is 9.88 Å². The standard InChI is InChI=1S/C24H29BrN4OS/c1-5-19-13-20(25)11-17(4)23(19)26-22(30)15-31-24-28-27-21(29(24)14-16(2)3)12-18-9-7-6-8-10-18/h6-11,13,16H,5,12,14-15H2,1-4H3,(H,26,30). The van der Waals surface area contributed by atoms with Crippen molar-refractivity contribution in [2.45, 2.75) is 52.2 Å². The molecule has 3 rings (SSSR count). The van der Waals surface area contributed by atoms with Crippen LogP contribution in [-0.4, -0.2) is 26.4 Å². The van der Waals surface area contributed by atoms with Crippen LogP contribution in [0.15, 0.2) is 52.1 Å². The van der Waals surface area contributed by atoms with Crippen LogP contribution in [0.3, 0.4) is 0 Å². The monoisotopic (exact) mass is 500 g/mol. The molecule has 2 aromatic carbocycles. The molecule has 31 heavy (non-hydrogen) atoms. The number of carbonyl (C=O) groups is 1. The molecule has 0 fully saturated rings. The van der Waals surface area contributed by atoms with Crippen molar-refractivity contribution in [2.24, 2.45) is 5.92 Å². The number of nitrogens with zero attached hydrogens (tertiary/aromatic N) is 3. The quantitative estimate of drug-likeness (QED) is 0.372. The van der Waals surface area contributed by atoms with Crippen LogP contribution in [0.5, 0.6) is 0 Å². The number of anilines is 1. The van der Waals surface area contributed by atoms with Gasteiger partial charge in [0.15, 0.2) is 5.16 Å². The maximum Gasteiger partial charge on any atom is 0.234 e. The van der Waals surface area contributed by atoms with Crippen LogP contribution in [0.4, 0.5) is 5.69 Å². The lowest BCUT2D eigenvalue weighted by molar-refractivity contribution is -0.113. The Balaban J connectivity index is 1.72. The number of aromatic nitrogens is 3. The van der Waals surface area contributed by atoms with Crippen LogP contribution >= 0.6 is 27.7 Å². The van der Waals surface area contributed by atoms with Gasteiger partial charge in [0.05, 0.1) is 5.75 Å². The number of thioether (sulfide) groups is 1. The second kappa shape index (κ2) is 11.0. The number of benzene rings is 2. The molecule has 0 aliphatic carbocycles. The molecule has 0 saturated carbocycles.